The van der Waals surface area contributed by atoms with Crippen molar-refractivity contribution in [2.45, 2.75) is 59.0 Å². The molecule has 2 unspecified atom stereocenters. The van der Waals surface area contributed by atoms with Crippen LogP contribution in [0.4, 0.5) is 0 Å². The molecule has 0 spiro atoms. The van der Waals surface area contributed by atoms with Crippen LogP contribution >= 0.6 is 11.6 Å². The summed E-state index contributed by atoms with van der Waals surface area (Å²) >= 11 is 6.09. The first-order chi connectivity index (χ1) is 12.2. The molecule has 1 N–H and O–H groups in total. The molecular formula is C23H37ClN2. The van der Waals surface area contributed by atoms with Gasteiger partial charge in [-0.1, -0.05) is 50.2 Å². The Labute approximate surface area is 166 Å². The molecule has 0 aliphatic carbocycles. The van der Waals surface area contributed by atoms with Crippen molar-refractivity contribution in [2.75, 3.05) is 13.6 Å². The maximum atomic E-state index is 6.09. The summed E-state index contributed by atoms with van der Waals surface area (Å²) in [5, 5.41) is 4.21. The van der Waals surface area contributed by atoms with Crippen LogP contribution in [0.15, 0.2) is 49.2 Å². The second-order valence-corrected chi connectivity index (χ2v) is 8.52. The molecule has 0 aliphatic heterocycles. The molecule has 0 aromatic heterocycles. The van der Waals surface area contributed by atoms with E-state index in [1.807, 2.05) is 12.1 Å². The van der Waals surface area contributed by atoms with Crippen molar-refractivity contribution in [3.05, 3.63) is 59.8 Å². The second-order valence-electron chi connectivity index (χ2n) is 8.08. The molecule has 1 aromatic carbocycles. The zero-order chi connectivity index (χ0) is 19.7. The Morgan fingerprint density at radius 3 is 2.27 bits per heavy atom. The van der Waals surface area contributed by atoms with Crippen molar-refractivity contribution in [1.82, 2.24) is 10.2 Å². The molecule has 146 valence electrons. The second kappa shape index (κ2) is 11.5. The molecule has 3 heteroatoms. The summed E-state index contributed by atoms with van der Waals surface area (Å²) in [7, 11) is 2.22. The first-order valence-corrected chi connectivity index (χ1v) is 10.1. The maximum absolute atomic E-state index is 6.09. The van der Waals surface area contributed by atoms with Gasteiger partial charge in [0.05, 0.1) is 0 Å². The third-order valence-electron chi connectivity index (χ3n) is 4.59. The number of nitrogens with one attached hydrogen (secondary N) is 1. The summed E-state index contributed by atoms with van der Waals surface area (Å²) in [6, 6.07) is 9.12. The van der Waals surface area contributed by atoms with Crippen molar-refractivity contribution in [3.8, 4) is 0 Å². The van der Waals surface area contributed by atoms with Gasteiger partial charge in [-0.05, 0) is 69.7 Å². The van der Waals surface area contributed by atoms with E-state index in [-0.39, 0.29) is 0 Å². The van der Waals surface area contributed by atoms with Crippen LogP contribution in [-0.2, 0) is 0 Å². The number of hydrogen-bond donors (Lipinski definition) is 1. The monoisotopic (exact) mass is 376 g/mol. The van der Waals surface area contributed by atoms with Crippen molar-refractivity contribution >= 4 is 11.6 Å². The van der Waals surface area contributed by atoms with Crippen LogP contribution in [0, 0.1) is 11.8 Å². The van der Waals surface area contributed by atoms with E-state index in [0.717, 1.165) is 36.5 Å². The van der Waals surface area contributed by atoms with Gasteiger partial charge in [0.15, 0.2) is 0 Å². The molecular weight excluding hydrogens is 340 g/mol. The molecule has 0 radical (unpaired) electrons. The molecule has 1 aromatic rings. The van der Waals surface area contributed by atoms with E-state index in [0.29, 0.717) is 23.9 Å². The van der Waals surface area contributed by atoms with Gasteiger partial charge < -0.3 is 5.32 Å². The summed E-state index contributed by atoms with van der Waals surface area (Å²) in [4.78, 5) is 2.47. The van der Waals surface area contributed by atoms with Gasteiger partial charge in [0.1, 0.15) is 0 Å². The van der Waals surface area contributed by atoms with E-state index >= 15 is 0 Å². The molecule has 26 heavy (non-hydrogen) atoms. The lowest BCUT2D eigenvalue weighted by Gasteiger charge is -2.31. The van der Waals surface area contributed by atoms with Gasteiger partial charge in [-0.2, -0.15) is 0 Å². The van der Waals surface area contributed by atoms with Crippen LogP contribution in [0.25, 0.3) is 0 Å². The van der Waals surface area contributed by atoms with E-state index in [2.05, 4.69) is 76.3 Å². The summed E-state index contributed by atoms with van der Waals surface area (Å²) in [6.07, 6.45) is 5.21. The normalized spacial score (nSPS) is 13.9. The highest BCUT2D eigenvalue weighted by Crippen LogP contribution is 2.29. The Morgan fingerprint density at radius 2 is 1.77 bits per heavy atom. The molecule has 2 nitrogen and oxygen atoms in total. The lowest BCUT2D eigenvalue weighted by atomic mass is 9.92. The van der Waals surface area contributed by atoms with Crippen LogP contribution in [-0.4, -0.2) is 24.5 Å². The first kappa shape index (κ1) is 22.8. The molecule has 0 bridgehead atoms. The Kier molecular flexibility index (Phi) is 10.0. The first-order valence-electron chi connectivity index (χ1n) is 9.75. The number of benzene rings is 1. The Hall–Kier alpha value is -1.25. The Balaban J connectivity index is 2.79. The topological polar surface area (TPSA) is 15.3 Å². The lowest BCUT2D eigenvalue weighted by molar-refractivity contribution is 0.201. The van der Waals surface area contributed by atoms with E-state index in [9.17, 15) is 0 Å². The number of allylic oxidation sites excluding steroid dienone is 2. The van der Waals surface area contributed by atoms with E-state index in [1.54, 1.807) is 0 Å². The lowest BCUT2D eigenvalue weighted by Crippen LogP contribution is -2.29. The van der Waals surface area contributed by atoms with Crippen LogP contribution in [0.3, 0.4) is 0 Å². The predicted molar refractivity (Wildman–Crippen MR) is 117 cm³/mol. The summed E-state index contributed by atoms with van der Waals surface area (Å²) in [5.74, 6) is 1.08. The third-order valence-corrected chi connectivity index (χ3v) is 4.84. The minimum absolute atomic E-state index is 0.392. The van der Waals surface area contributed by atoms with Crippen LogP contribution in [0.5, 0.6) is 0 Å². The summed E-state index contributed by atoms with van der Waals surface area (Å²) < 4.78 is 0. The highest BCUT2D eigenvalue weighted by Gasteiger charge is 2.19. The van der Waals surface area contributed by atoms with Gasteiger partial charge in [0.2, 0.25) is 0 Å². The molecule has 2 atom stereocenters. The minimum Gasteiger partial charge on any atom is -0.387 e. The van der Waals surface area contributed by atoms with Crippen molar-refractivity contribution in [2.24, 2.45) is 11.8 Å². The van der Waals surface area contributed by atoms with Gasteiger partial charge in [-0.3, -0.25) is 4.90 Å². The van der Waals surface area contributed by atoms with Crippen LogP contribution in [0.1, 0.15) is 58.6 Å². The van der Waals surface area contributed by atoms with Crippen molar-refractivity contribution in [3.63, 3.8) is 0 Å². The predicted octanol–water partition coefficient (Wildman–Crippen LogP) is 6.45. The maximum Gasteiger partial charge on any atom is 0.0406 e. The summed E-state index contributed by atoms with van der Waals surface area (Å²) in [6.45, 7) is 18.1. The zero-order valence-corrected chi connectivity index (χ0v) is 18.0. The zero-order valence-electron chi connectivity index (χ0n) is 17.3. The molecule has 0 heterocycles. The Morgan fingerprint density at radius 1 is 1.15 bits per heavy atom. The fraction of sp³-hybridized carbons (Fsp3) is 0.565. The van der Waals surface area contributed by atoms with Crippen LogP contribution < -0.4 is 5.32 Å². The fourth-order valence-electron chi connectivity index (χ4n) is 3.49. The summed E-state index contributed by atoms with van der Waals surface area (Å²) in [5.41, 5.74) is 2.43. The van der Waals surface area contributed by atoms with Crippen molar-refractivity contribution in [1.29, 1.82) is 0 Å². The number of halogens is 1. The van der Waals surface area contributed by atoms with Gasteiger partial charge in [-0.25, -0.2) is 0 Å². The molecule has 0 aliphatic rings. The number of nitrogens with zero attached hydrogens (tertiary/aromatic N) is 1. The molecule has 0 saturated carbocycles. The average Bonchev–Trinajstić information content (AvgIpc) is 2.54. The largest absolute Gasteiger partial charge is 0.387 e. The smallest absolute Gasteiger partial charge is 0.0406 e. The highest BCUT2D eigenvalue weighted by molar-refractivity contribution is 6.30. The highest BCUT2D eigenvalue weighted by atomic mass is 35.5. The fourth-order valence-corrected chi connectivity index (χ4v) is 3.61. The van der Waals surface area contributed by atoms with E-state index in [1.165, 1.54) is 5.56 Å². The van der Waals surface area contributed by atoms with Gasteiger partial charge in [-0.15, -0.1) is 6.58 Å². The molecule has 1 rings (SSSR count). The average molecular weight is 377 g/mol. The standard InChI is InChI=1S/C23H37ClN2/c1-8-20(15-19(6)25-18(4)5)9-14-23(26(7)16-17(2)3)21-10-12-22(24)13-11-21/h8,10-13,17-18,20,23,25H,1,6,9,14-16H2,2-5,7H3. The minimum atomic E-state index is 0.392. The molecule has 0 fully saturated rings. The van der Waals surface area contributed by atoms with Gasteiger partial charge >= 0.3 is 0 Å². The van der Waals surface area contributed by atoms with Crippen molar-refractivity contribution < 1.29 is 0 Å². The Bertz CT molecular complexity index is 548. The van der Waals surface area contributed by atoms with Gasteiger partial charge in [0.25, 0.3) is 0 Å². The van der Waals surface area contributed by atoms with Crippen LogP contribution in [0.2, 0.25) is 5.02 Å². The number of rotatable bonds is 12. The van der Waals surface area contributed by atoms with E-state index < -0.39 is 0 Å². The van der Waals surface area contributed by atoms with Gasteiger partial charge in [0, 0.05) is 29.3 Å². The number of hydrogen-bond acceptors (Lipinski definition) is 2. The van der Waals surface area contributed by atoms with E-state index in [4.69, 9.17) is 11.6 Å². The molecule has 0 amide bonds. The SMILES string of the molecule is C=CC(CCC(c1ccc(Cl)cc1)N(C)CC(C)C)CC(=C)NC(C)C. The quantitative estimate of drug-likeness (QED) is 0.421. The molecule has 0 saturated heterocycles. The third kappa shape index (κ3) is 8.42.